The van der Waals surface area contributed by atoms with Crippen LogP contribution in [0.1, 0.15) is 46.1 Å². The van der Waals surface area contributed by atoms with Gasteiger partial charge in [-0.05, 0) is 50.9 Å². The summed E-state index contributed by atoms with van der Waals surface area (Å²) in [5.41, 5.74) is 1.14. The zero-order valence-corrected chi connectivity index (χ0v) is 14.5. The summed E-state index contributed by atoms with van der Waals surface area (Å²) in [6.07, 6.45) is 2.07. The number of carbonyl (C=O) groups is 1. The monoisotopic (exact) mass is 308 g/mol. The largest absolute Gasteiger partial charge is 0.351 e. The molecule has 0 aromatic heterocycles. The third kappa shape index (κ3) is 7.53. The van der Waals surface area contributed by atoms with Crippen LogP contribution in [0.5, 0.6) is 0 Å². The lowest BCUT2D eigenvalue weighted by molar-refractivity contribution is -0.120. The van der Waals surface area contributed by atoms with E-state index in [1.807, 2.05) is 0 Å². The Hall–Kier alpha value is -1.00. The maximum atomic E-state index is 11.9. The van der Waals surface area contributed by atoms with Crippen molar-refractivity contribution < 1.29 is 4.79 Å². The Morgan fingerprint density at radius 2 is 2.05 bits per heavy atom. The fourth-order valence-corrected chi connectivity index (χ4v) is 2.58. The molecule has 0 aliphatic heterocycles. The van der Waals surface area contributed by atoms with Crippen LogP contribution in [0.25, 0.3) is 0 Å². The first-order chi connectivity index (χ1) is 9.96. The smallest absolute Gasteiger partial charge is 0.230 e. The van der Waals surface area contributed by atoms with E-state index in [2.05, 4.69) is 62.6 Å². The van der Waals surface area contributed by atoms with Crippen molar-refractivity contribution in [1.82, 2.24) is 10.6 Å². The third-order valence-corrected chi connectivity index (χ3v) is 4.38. The van der Waals surface area contributed by atoms with Gasteiger partial charge >= 0.3 is 0 Å². The highest BCUT2D eigenvalue weighted by Gasteiger charge is 2.17. The highest BCUT2D eigenvalue weighted by molar-refractivity contribution is 8.00. The molecule has 118 valence electrons. The standard InChI is InChI=1S/C17H28N2OS/c1-5-10-18-12-14-8-7-9-15(11-14)21-13-16(20)19-17(3,4)6-2/h7-9,11,18H,5-6,10,12-13H2,1-4H3,(H,19,20). The Labute approximate surface area is 133 Å². The lowest BCUT2D eigenvalue weighted by atomic mass is 10.0. The van der Waals surface area contributed by atoms with Crippen LogP contribution in [0.15, 0.2) is 29.2 Å². The summed E-state index contributed by atoms with van der Waals surface area (Å²) in [6.45, 7) is 10.3. The summed E-state index contributed by atoms with van der Waals surface area (Å²) >= 11 is 1.59. The maximum Gasteiger partial charge on any atom is 0.230 e. The molecule has 3 nitrogen and oxygen atoms in total. The van der Waals surface area contributed by atoms with Crippen LogP contribution < -0.4 is 10.6 Å². The molecule has 0 unspecified atom stereocenters. The van der Waals surface area contributed by atoms with Gasteiger partial charge in [0.1, 0.15) is 0 Å². The zero-order chi connectivity index (χ0) is 15.7. The van der Waals surface area contributed by atoms with Gasteiger partial charge < -0.3 is 10.6 Å². The van der Waals surface area contributed by atoms with Gasteiger partial charge in [-0.3, -0.25) is 4.79 Å². The topological polar surface area (TPSA) is 41.1 Å². The van der Waals surface area contributed by atoms with E-state index in [4.69, 9.17) is 0 Å². The molecule has 21 heavy (non-hydrogen) atoms. The molecule has 1 amide bonds. The first kappa shape index (κ1) is 18.1. The van der Waals surface area contributed by atoms with Gasteiger partial charge in [0.25, 0.3) is 0 Å². The van der Waals surface area contributed by atoms with Gasteiger partial charge in [0.05, 0.1) is 5.75 Å². The minimum Gasteiger partial charge on any atom is -0.351 e. The van der Waals surface area contributed by atoms with E-state index in [0.717, 1.165) is 30.8 Å². The number of thioether (sulfide) groups is 1. The Kier molecular flexibility index (Phi) is 7.83. The molecule has 4 heteroatoms. The van der Waals surface area contributed by atoms with Gasteiger partial charge in [0.2, 0.25) is 5.91 Å². The van der Waals surface area contributed by atoms with Gasteiger partial charge in [-0.25, -0.2) is 0 Å². The van der Waals surface area contributed by atoms with Gasteiger partial charge in [-0.15, -0.1) is 11.8 Å². The van der Waals surface area contributed by atoms with Crippen molar-refractivity contribution in [2.75, 3.05) is 12.3 Å². The number of benzene rings is 1. The quantitative estimate of drug-likeness (QED) is 0.541. The number of nitrogens with one attached hydrogen (secondary N) is 2. The maximum absolute atomic E-state index is 11.9. The molecule has 0 aliphatic carbocycles. The van der Waals surface area contributed by atoms with Gasteiger partial charge in [0.15, 0.2) is 0 Å². The molecule has 0 saturated carbocycles. The Morgan fingerprint density at radius 3 is 2.71 bits per heavy atom. The van der Waals surface area contributed by atoms with Crippen molar-refractivity contribution in [3.8, 4) is 0 Å². The predicted molar refractivity (Wildman–Crippen MR) is 91.7 cm³/mol. The number of hydrogen-bond acceptors (Lipinski definition) is 3. The van der Waals surface area contributed by atoms with Crippen LogP contribution in [-0.4, -0.2) is 23.7 Å². The molecule has 1 aromatic rings. The van der Waals surface area contributed by atoms with Crippen LogP contribution in [-0.2, 0) is 11.3 Å². The highest BCUT2D eigenvalue weighted by Crippen LogP contribution is 2.19. The molecule has 0 aliphatic rings. The molecule has 0 bridgehead atoms. The zero-order valence-electron chi connectivity index (χ0n) is 13.7. The fourth-order valence-electron chi connectivity index (χ4n) is 1.81. The number of rotatable bonds is 9. The second kappa shape index (κ2) is 9.11. The Bertz CT molecular complexity index is 446. The van der Waals surface area contributed by atoms with Crippen molar-refractivity contribution in [3.05, 3.63) is 29.8 Å². The van der Waals surface area contributed by atoms with E-state index in [1.54, 1.807) is 11.8 Å². The second-order valence-electron chi connectivity index (χ2n) is 5.90. The average Bonchev–Trinajstić information content (AvgIpc) is 2.45. The van der Waals surface area contributed by atoms with E-state index < -0.39 is 0 Å². The minimum atomic E-state index is -0.121. The molecule has 0 heterocycles. The van der Waals surface area contributed by atoms with Crippen molar-refractivity contribution >= 4 is 17.7 Å². The predicted octanol–water partition coefficient (Wildman–Crippen LogP) is 3.58. The molecule has 1 rings (SSSR count). The van der Waals surface area contributed by atoms with Crippen molar-refractivity contribution in [1.29, 1.82) is 0 Å². The molecule has 2 N–H and O–H groups in total. The van der Waals surface area contributed by atoms with Crippen molar-refractivity contribution in [2.24, 2.45) is 0 Å². The minimum absolute atomic E-state index is 0.0985. The van der Waals surface area contributed by atoms with E-state index >= 15 is 0 Å². The van der Waals surface area contributed by atoms with Gasteiger partial charge in [0, 0.05) is 17.0 Å². The van der Waals surface area contributed by atoms with E-state index in [0.29, 0.717) is 5.75 Å². The molecule has 1 aromatic carbocycles. The number of amides is 1. The highest BCUT2D eigenvalue weighted by atomic mass is 32.2. The van der Waals surface area contributed by atoms with Crippen LogP contribution in [0.3, 0.4) is 0 Å². The van der Waals surface area contributed by atoms with Crippen LogP contribution >= 0.6 is 11.8 Å². The normalized spacial score (nSPS) is 11.4. The number of hydrogen-bond donors (Lipinski definition) is 2. The van der Waals surface area contributed by atoms with Gasteiger partial charge in [-0.2, -0.15) is 0 Å². The lowest BCUT2D eigenvalue weighted by Crippen LogP contribution is -2.43. The first-order valence-corrected chi connectivity index (χ1v) is 8.69. The summed E-state index contributed by atoms with van der Waals surface area (Å²) < 4.78 is 0. The average molecular weight is 308 g/mol. The number of carbonyl (C=O) groups excluding carboxylic acids is 1. The Morgan fingerprint density at radius 1 is 1.29 bits per heavy atom. The summed E-state index contributed by atoms with van der Waals surface area (Å²) in [7, 11) is 0. The molecule has 0 atom stereocenters. The first-order valence-electron chi connectivity index (χ1n) is 7.70. The Balaban J connectivity index is 2.44. The van der Waals surface area contributed by atoms with E-state index in [-0.39, 0.29) is 11.4 Å². The summed E-state index contributed by atoms with van der Waals surface area (Å²) in [4.78, 5) is 13.1. The SMILES string of the molecule is CCCNCc1cccc(SCC(=O)NC(C)(C)CC)c1. The summed E-state index contributed by atoms with van der Waals surface area (Å²) in [5.74, 6) is 0.566. The molecular formula is C17H28N2OS. The van der Waals surface area contributed by atoms with Gasteiger partial charge in [-0.1, -0.05) is 26.0 Å². The fraction of sp³-hybridized carbons (Fsp3) is 0.588. The third-order valence-electron chi connectivity index (χ3n) is 3.39. The van der Waals surface area contributed by atoms with Crippen LogP contribution in [0, 0.1) is 0 Å². The van der Waals surface area contributed by atoms with E-state index in [1.165, 1.54) is 5.56 Å². The van der Waals surface area contributed by atoms with Crippen LogP contribution in [0.4, 0.5) is 0 Å². The second-order valence-corrected chi connectivity index (χ2v) is 6.95. The van der Waals surface area contributed by atoms with Crippen molar-refractivity contribution in [2.45, 2.75) is 57.5 Å². The van der Waals surface area contributed by atoms with Crippen LogP contribution in [0.2, 0.25) is 0 Å². The molecular weight excluding hydrogens is 280 g/mol. The molecule has 0 saturated heterocycles. The lowest BCUT2D eigenvalue weighted by Gasteiger charge is -2.24. The molecule has 0 radical (unpaired) electrons. The summed E-state index contributed by atoms with van der Waals surface area (Å²) in [6, 6.07) is 8.39. The molecule has 0 fully saturated rings. The van der Waals surface area contributed by atoms with Crippen molar-refractivity contribution in [3.63, 3.8) is 0 Å². The van der Waals surface area contributed by atoms with E-state index in [9.17, 15) is 4.79 Å². The molecule has 0 spiro atoms. The summed E-state index contributed by atoms with van der Waals surface area (Å²) in [5, 5.41) is 6.45.